The number of benzene rings is 1. The fourth-order valence-electron chi connectivity index (χ4n) is 4.34. The van der Waals surface area contributed by atoms with Crippen LogP contribution in [0, 0.1) is 0 Å². The molecule has 0 unspecified atom stereocenters. The van der Waals surface area contributed by atoms with Crippen molar-refractivity contribution in [1.29, 1.82) is 0 Å². The van der Waals surface area contributed by atoms with Gasteiger partial charge in [-0.15, -0.1) is 0 Å². The smallest absolute Gasteiger partial charge is 0.113 e. The van der Waals surface area contributed by atoms with Gasteiger partial charge in [-0.25, -0.2) is 0 Å². The molecule has 1 fully saturated rings. The SMILES string of the molecule is CCCOCC/N=C1/C=CC2=Cc3ccc(N4CCOCC4)cc3[Si](C)(C)C2=C1. The Morgan fingerprint density at radius 2 is 1.93 bits per heavy atom. The second kappa shape index (κ2) is 8.82. The van der Waals surface area contributed by atoms with Crippen molar-refractivity contribution in [2.24, 2.45) is 4.99 Å². The van der Waals surface area contributed by atoms with E-state index in [2.05, 4.69) is 67.4 Å². The summed E-state index contributed by atoms with van der Waals surface area (Å²) in [6.45, 7) is 12.9. The van der Waals surface area contributed by atoms with Gasteiger partial charge in [0.05, 0.1) is 32.1 Å². The van der Waals surface area contributed by atoms with Gasteiger partial charge < -0.3 is 14.4 Å². The molecule has 4 rings (SSSR count). The minimum Gasteiger partial charge on any atom is -0.380 e. The Morgan fingerprint density at radius 3 is 2.72 bits per heavy atom. The standard InChI is InChI=1S/C24H32N2O2Si/c1-4-12-27-13-9-25-21-7-5-19-16-20-6-8-22(26-10-14-28-15-11-26)18-24(20)29(2,3)23(19)17-21/h5-8,16-18H,4,9-15H2,1-3H3/b25-21-. The highest BCUT2D eigenvalue weighted by Crippen LogP contribution is 2.34. The molecular weight excluding hydrogens is 376 g/mol. The number of aliphatic imine (C=N–C) groups is 1. The number of hydrogen-bond acceptors (Lipinski definition) is 4. The predicted octanol–water partition coefficient (Wildman–Crippen LogP) is 3.74. The van der Waals surface area contributed by atoms with Gasteiger partial charge in [-0.05, 0) is 58.3 Å². The number of allylic oxidation sites excluding steroid dienone is 5. The molecule has 0 amide bonds. The molecule has 154 valence electrons. The van der Waals surface area contributed by atoms with E-state index in [9.17, 15) is 0 Å². The first kappa shape index (κ1) is 20.3. The van der Waals surface area contributed by atoms with Crippen LogP contribution in [-0.4, -0.2) is 59.8 Å². The predicted molar refractivity (Wildman–Crippen MR) is 125 cm³/mol. The van der Waals surface area contributed by atoms with Gasteiger partial charge in [0.1, 0.15) is 8.07 Å². The molecule has 1 aliphatic carbocycles. The summed E-state index contributed by atoms with van der Waals surface area (Å²) in [4.78, 5) is 7.21. The van der Waals surface area contributed by atoms with Crippen molar-refractivity contribution in [3.63, 3.8) is 0 Å². The van der Waals surface area contributed by atoms with Crippen LogP contribution in [0.1, 0.15) is 18.9 Å². The minimum absolute atomic E-state index is 0.698. The van der Waals surface area contributed by atoms with Crippen molar-refractivity contribution < 1.29 is 9.47 Å². The Kier molecular flexibility index (Phi) is 6.18. The van der Waals surface area contributed by atoms with Gasteiger partial charge in [0.25, 0.3) is 0 Å². The number of rotatable bonds is 6. The molecule has 5 heteroatoms. The third kappa shape index (κ3) is 4.32. The van der Waals surface area contributed by atoms with Crippen LogP contribution in [0.5, 0.6) is 0 Å². The van der Waals surface area contributed by atoms with E-state index in [0.717, 1.165) is 51.6 Å². The molecule has 1 aromatic rings. The van der Waals surface area contributed by atoms with Crippen LogP contribution >= 0.6 is 0 Å². The first-order valence-electron chi connectivity index (χ1n) is 10.8. The van der Waals surface area contributed by atoms with Crippen LogP contribution in [0.25, 0.3) is 6.08 Å². The van der Waals surface area contributed by atoms with E-state index in [1.54, 1.807) is 0 Å². The number of nitrogens with zero attached hydrogens (tertiary/aromatic N) is 2. The van der Waals surface area contributed by atoms with Crippen LogP contribution in [0.15, 0.2) is 52.2 Å². The molecule has 2 heterocycles. The largest absolute Gasteiger partial charge is 0.380 e. The molecule has 1 saturated heterocycles. The summed E-state index contributed by atoms with van der Waals surface area (Å²) in [6.07, 6.45) is 10.1. The molecule has 2 aliphatic heterocycles. The molecule has 29 heavy (non-hydrogen) atoms. The average molecular weight is 409 g/mol. The molecule has 0 radical (unpaired) electrons. The highest BCUT2D eigenvalue weighted by atomic mass is 28.3. The molecule has 4 nitrogen and oxygen atoms in total. The summed E-state index contributed by atoms with van der Waals surface area (Å²) >= 11 is 0. The Morgan fingerprint density at radius 1 is 1.10 bits per heavy atom. The summed E-state index contributed by atoms with van der Waals surface area (Å²) < 4.78 is 11.1. The zero-order valence-electron chi connectivity index (χ0n) is 17.9. The molecule has 0 N–H and O–H groups in total. The maximum atomic E-state index is 5.57. The van der Waals surface area contributed by atoms with E-state index in [4.69, 9.17) is 14.5 Å². The van der Waals surface area contributed by atoms with Gasteiger partial charge in [0, 0.05) is 25.4 Å². The first-order chi connectivity index (χ1) is 14.1. The third-order valence-electron chi connectivity index (χ3n) is 5.99. The summed E-state index contributed by atoms with van der Waals surface area (Å²) in [5, 5.41) is 3.01. The Bertz CT molecular complexity index is 877. The lowest BCUT2D eigenvalue weighted by Gasteiger charge is -2.36. The fraction of sp³-hybridized carbons (Fsp3) is 0.458. The number of hydrogen-bond donors (Lipinski definition) is 0. The molecule has 0 spiro atoms. The minimum atomic E-state index is -1.80. The van der Waals surface area contributed by atoms with Crippen LogP contribution < -0.4 is 10.1 Å². The van der Waals surface area contributed by atoms with Crippen LogP contribution in [0.3, 0.4) is 0 Å². The quantitative estimate of drug-likeness (QED) is 0.531. The molecule has 0 atom stereocenters. The lowest BCUT2D eigenvalue weighted by molar-refractivity contribution is 0.122. The zero-order valence-corrected chi connectivity index (χ0v) is 18.9. The van der Waals surface area contributed by atoms with E-state index in [0.29, 0.717) is 6.61 Å². The fourth-order valence-corrected chi connectivity index (χ4v) is 7.40. The van der Waals surface area contributed by atoms with E-state index >= 15 is 0 Å². The molecular formula is C24H32N2O2Si. The van der Waals surface area contributed by atoms with Crippen molar-refractivity contribution in [2.45, 2.75) is 26.4 Å². The van der Waals surface area contributed by atoms with Crippen molar-refractivity contribution in [3.05, 3.63) is 52.8 Å². The zero-order chi connectivity index (χ0) is 20.3. The molecule has 1 aromatic carbocycles. The summed E-state index contributed by atoms with van der Waals surface area (Å²) in [5.74, 6) is 0. The van der Waals surface area contributed by atoms with Crippen LogP contribution in [-0.2, 0) is 9.47 Å². The third-order valence-corrected chi connectivity index (χ3v) is 9.55. The maximum absolute atomic E-state index is 5.57. The van der Waals surface area contributed by atoms with Gasteiger partial charge in [-0.1, -0.05) is 32.2 Å². The Labute approximate surface area is 175 Å². The molecule has 0 aromatic heterocycles. The van der Waals surface area contributed by atoms with E-state index in [1.807, 2.05) is 0 Å². The summed E-state index contributed by atoms with van der Waals surface area (Å²) in [6, 6.07) is 7.02. The number of anilines is 1. The first-order valence-corrected chi connectivity index (χ1v) is 13.8. The van der Waals surface area contributed by atoms with Gasteiger partial charge in [-0.3, -0.25) is 4.99 Å². The van der Waals surface area contributed by atoms with Crippen molar-refractivity contribution in [2.75, 3.05) is 51.0 Å². The Hall–Kier alpha value is -1.95. The number of fused-ring (bicyclic) bond motifs is 2. The molecule has 3 aliphatic rings. The maximum Gasteiger partial charge on any atom is 0.113 e. The van der Waals surface area contributed by atoms with Crippen molar-refractivity contribution in [1.82, 2.24) is 0 Å². The molecule has 0 saturated carbocycles. The van der Waals surface area contributed by atoms with Gasteiger partial charge in [0.2, 0.25) is 0 Å². The summed E-state index contributed by atoms with van der Waals surface area (Å²) in [7, 11) is -1.80. The highest BCUT2D eigenvalue weighted by Gasteiger charge is 2.36. The lowest BCUT2D eigenvalue weighted by Crippen LogP contribution is -2.49. The van der Waals surface area contributed by atoms with E-state index in [1.165, 1.54) is 27.2 Å². The number of ether oxygens (including phenoxy) is 2. The monoisotopic (exact) mass is 408 g/mol. The van der Waals surface area contributed by atoms with Crippen molar-refractivity contribution >= 4 is 30.7 Å². The van der Waals surface area contributed by atoms with E-state index < -0.39 is 8.07 Å². The summed E-state index contributed by atoms with van der Waals surface area (Å²) in [5.41, 5.74) is 5.14. The number of morpholine rings is 1. The van der Waals surface area contributed by atoms with Gasteiger partial charge in [-0.2, -0.15) is 0 Å². The second-order valence-electron chi connectivity index (χ2n) is 8.41. The molecule has 0 bridgehead atoms. The topological polar surface area (TPSA) is 34.1 Å². The van der Waals surface area contributed by atoms with Crippen LogP contribution in [0.2, 0.25) is 13.1 Å². The normalized spacial score (nSPS) is 21.5. The van der Waals surface area contributed by atoms with Crippen molar-refractivity contribution in [3.8, 4) is 0 Å². The Balaban J connectivity index is 1.60. The highest BCUT2D eigenvalue weighted by molar-refractivity contribution is 6.97. The lowest BCUT2D eigenvalue weighted by atomic mass is 10.0. The van der Waals surface area contributed by atoms with Gasteiger partial charge >= 0.3 is 0 Å². The van der Waals surface area contributed by atoms with Crippen LogP contribution in [0.4, 0.5) is 5.69 Å². The second-order valence-corrected chi connectivity index (χ2v) is 12.7. The van der Waals surface area contributed by atoms with Gasteiger partial charge in [0.15, 0.2) is 0 Å². The van der Waals surface area contributed by atoms with E-state index in [-0.39, 0.29) is 0 Å². The average Bonchev–Trinajstić information content (AvgIpc) is 2.74.